The van der Waals surface area contributed by atoms with E-state index in [0.717, 1.165) is 16.9 Å². The molecular formula is C17H16N3O3S-. The molecule has 0 atom stereocenters. The summed E-state index contributed by atoms with van der Waals surface area (Å²) in [5.74, 6) is -0.408. The topological polar surface area (TPSA) is 85.8 Å². The molecule has 0 fully saturated rings. The summed E-state index contributed by atoms with van der Waals surface area (Å²) in [4.78, 5) is 10.7. The molecular weight excluding hydrogens is 326 g/mol. The van der Waals surface area contributed by atoms with Crippen molar-refractivity contribution < 1.29 is 14.6 Å². The molecule has 0 aliphatic rings. The molecule has 0 radical (unpaired) electrons. The van der Waals surface area contributed by atoms with E-state index >= 15 is 0 Å². The number of nitrogens with zero attached hydrogens (tertiary/aromatic N) is 1. The smallest absolute Gasteiger partial charge is 0.187 e. The lowest BCUT2D eigenvalue weighted by Gasteiger charge is -2.07. The third kappa shape index (κ3) is 5.36. The van der Waals surface area contributed by atoms with Crippen molar-refractivity contribution in [3.05, 3.63) is 65.2 Å². The highest BCUT2D eigenvalue weighted by molar-refractivity contribution is 7.80. The molecule has 0 heterocycles. The van der Waals surface area contributed by atoms with Crippen LogP contribution in [0.4, 0.5) is 0 Å². The molecule has 7 heteroatoms. The molecule has 0 bridgehead atoms. The van der Waals surface area contributed by atoms with Gasteiger partial charge in [0.2, 0.25) is 0 Å². The molecule has 2 aromatic carbocycles. The van der Waals surface area contributed by atoms with E-state index in [1.165, 1.54) is 12.1 Å². The van der Waals surface area contributed by atoms with Gasteiger partial charge in [0, 0.05) is 6.54 Å². The van der Waals surface area contributed by atoms with Gasteiger partial charge in [0.1, 0.15) is 5.75 Å². The van der Waals surface area contributed by atoms with Gasteiger partial charge in [0.05, 0.1) is 19.3 Å². The van der Waals surface area contributed by atoms with E-state index < -0.39 is 5.97 Å². The quantitative estimate of drug-likeness (QED) is 0.464. The van der Waals surface area contributed by atoms with Crippen LogP contribution in [0.3, 0.4) is 0 Å². The molecule has 0 saturated carbocycles. The summed E-state index contributed by atoms with van der Waals surface area (Å²) in [6.45, 7) is 0.561. The van der Waals surface area contributed by atoms with E-state index in [9.17, 15) is 9.90 Å². The number of carboxylic acid groups (broad SMARTS) is 1. The third-order valence-corrected chi connectivity index (χ3v) is 3.37. The average Bonchev–Trinajstić information content (AvgIpc) is 2.61. The first-order valence-corrected chi connectivity index (χ1v) is 7.50. The van der Waals surface area contributed by atoms with Gasteiger partial charge in [-0.15, -0.1) is 0 Å². The Morgan fingerprint density at radius 3 is 2.46 bits per heavy atom. The summed E-state index contributed by atoms with van der Waals surface area (Å²) in [5.41, 5.74) is 4.62. The van der Waals surface area contributed by atoms with Gasteiger partial charge in [-0.3, -0.25) is 5.43 Å². The zero-order valence-electron chi connectivity index (χ0n) is 13.0. The van der Waals surface area contributed by atoms with Crippen LogP contribution in [-0.2, 0) is 6.54 Å². The van der Waals surface area contributed by atoms with Crippen LogP contribution in [0, 0.1) is 0 Å². The number of nitrogens with one attached hydrogen (secondary N) is 2. The molecule has 124 valence electrons. The highest BCUT2D eigenvalue weighted by Gasteiger charge is 1.97. The minimum Gasteiger partial charge on any atom is -0.545 e. The first-order chi connectivity index (χ1) is 11.6. The number of carbonyl (C=O) groups is 1. The van der Waals surface area contributed by atoms with Gasteiger partial charge < -0.3 is 20.0 Å². The summed E-state index contributed by atoms with van der Waals surface area (Å²) in [7, 11) is 1.62. The molecule has 0 aliphatic heterocycles. The fraction of sp³-hybridized carbons (Fsp3) is 0.118. The summed E-state index contributed by atoms with van der Waals surface area (Å²) < 4.78 is 5.10. The van der Waals surface area contributed by atoms with Gasteiger partial charge in [-0.2, -0.15) is 5.10 Å². The second-order valence-electron chi connectivity index (χ2n) is 4.81. The zero-order valence-corrected chi connectivity index (χ0v) is 13.8. The fourth-order valence-corrected chi connectivity index (χ4v) is 1.96. The first-order valence-electron chi connectivity index (χ1n) is 7.10. The Kier molecular flexibility index (Phi) is 6.27. The normalized spacial score (nSPS) is 10.4. The summed E-state index contributed by atoms with van der Waals surface area (Å²) in [5, 5.41) is 18.1. The van der Waals surface area contributed by atoms with Crippen LogP contribution < -0.4 is 20.6 Å². The van der Waals surface area contributed by atoms with Crippen LogP contribution in [-0.4, -0.2) is 24.4 Å². The number of methoxy groups -OCH3 is 1. The fourth-order valence-electron chi connectivity index (χ4n) is 1.84. The van der Waals surface area contributed by atoms with Gasteiger partial charge in [0.15, 0.2) is 5.11 Å². The largest absolute Gasteiger partial charge is 0.545 e. The number of hydrazone groups is 1. The summed E-state index contributed by atoms with van der Waals surface area (Å²) in [6, 6.07) is 13.8. The number of aromatic carboxylic acids is 1. The molecule has 24 heavy (non-hydrogen) atoms. The van der Waals surface area contributed by atoms with Crippen molar-refractivity contribution in [1.29, 1.82) is 0 Å². The van der Waals surface area contributed by atoms with E-state index in [1.807, 2.05) is 24.3 Å². The van der Waals surface area contributed by atoms with Gasteiger partial charge in [-0.05, 0) is 41.0 Å². The Labute approximate surface area is 145 Å². The lowest BCUT2D eigenvalue weighted by atomic mass is 10.1. The number of carboxylic acids is 1. The molecule has 0 saturated heterocycles. The van der Waals surface area contributed by atoms with Crippen LogP contribution in [0.25, 0.3) is 0 Å². The summed E-state index contributed by atoms with van der Waals surface area (Å²) >= 11 is 5.13. The minimum absolute atomic E-state index is 0.122. The molecule has 2 rings (SSSR count). The number of hydrogen-bond donors (Lipinski definition) is 2. The lowest BCUT2D eigenvalue weighted by molar-refractivity contribution is -0.255. The van der Waals surface area contributed by atoms with Crippen molar-refractivity contribution in [2.75, 3.05) is 7.11 Å². The average molecular weight is 342 g/mol. The number of ether oxygens (including phenoxy) is 1. The third-order valence-electron chi connectivity index (χ3n) is 3.14. The highest BCUT2D eigenvalue weighted by Crippen LogP contribution is 2.10. The summed E-state index contributed by atoms with van der Waals surface area (Å²) in [6.07, 6.45) is 1.54. The second-order valence-corrected chi connectivity index (χ2v) is 5.22. The van der Waals surface area contributed by atoms with Crippen molar-refractivity contribution in [3.63, 3.8) is 0 Å². The van der Waals surface area contributed by atoms with E-state index in [0.29, 0.717) is 11.7 Å². The number of benzene rings is 2. The number of rotatable bonds is 6. The molecule has 0 amide bonds. The Bertz CT molecular complexity index is 728. The predicted octanol–water partition coefficient (Wildman–Crippen LogP) is 1.06. The maximum atomic E-state index is 10.7. The van der Waals surface area contributed by atoms with Crippen molar-refractivity contribution in [1.82, 2.24) is 10.7 Å². The van der Waals surface area contributed by atoms with Crippen molar-refractivity contribution >= 4 is 29.5 Å². The predicted molar refractivity (Wildman–Crippen MR) is 93.9 cm³/mol. The molecule has 2 aromatic rings. The minimum atomic E-state index is -1.21. The molecule has 0 aliphatic carbocycles. The first kappa shape index (κ1) is 17.4. The van der Waals surface area contributed by atoms with E-state index in [-0.39, 0.29) is 5.56 Å². The van der Waals surface area contributed by atoms with Gasteiger partial charge in [-0.1, -0.05) is 36.4 Å². The number of hydrogen-bond acceptors (Lipinski definition) is 5. The van der Waals surface area contributed by atoms with E-state index in [2.05, 4.69) is 15.8 Å². The maximum absolute atomic E-state index is 10.7. The van der Waals surface area contributed by atoms with Crippen LogP contribution in [0.15, 0.2) is 53.6 Å². The van der Waals surface area contributed by atoms with Crippen molar-refractivity contribution in [2.45, 2.75) is 6.54 Å². The molecule has 0 unspecified atom stereocenters. The standard InChI is InChI=1S/C17H17N3O3S/c1-23-15-8-4-12(5-9-15)10-18-17(24)20-19-11-13-2-6-14(7-3-13)16(21)22/h2-9,11H,10H2,1H3,(H,21,22)(H2,18,20,24)/p-1/b19-11-. The van der Waals surface area contributed by atoms with Gasteiger partial charge in [-0.25, -0.2) is 0 Å². The Morgan fingerprint density at radius 2 is 1.88 bits per heavy atom. The maximum Gasteiger partial charge on any atom is 0.187 e. The zero-order chi connectivity index (χ0) is 17.4. The Morgan fingerprint density at radius 1 is 1.21 bits per heavy atom. The highest BCUT2D eigenvalue weighted by atomic mass is 32.1. The molecule has 0 aromatic heterocycles. The molecule has 2 N–H and O–H groups in total. The van der Waals surface area contributed by atoms with Gasteiger partial charge >= 0.3 is 0 Å². The van der Waals surface area contributed by atoms with Crippen LogP contribution in [0.2, 0.25) is 0 Å². The monoisotopic (exact) mass is 342 g/mol. The lowest BCUT2D eigenvalue weighted by Crippen LogP contribution is -2.31. The second kappa shape index (κ2) is 8.64. The van der Waals surface area contributed by atoms with Crippen LogP contribution >= 0.6 is 12.2 Å². The van der Waals surface area contributed by atoms with Crippen LogP contribution in [0.5, 0.6) is 5.75 Å². The Balaban J connectivity index is 1.78. The van der Waals surface area contributed by atoms with E-state index in [1.54, 1.807) is 25.5 Å². The number of thiocarbonyl (C=S) groups is 1. The SMILES string of the molecule is COc1ccc(CNC(=S)N/N=C\c2ccc(C(=O)[O-])cc2)cc1. The van der Waals surface area contributed by atoms with Crippen molar-refractivity contribution in [3.8, 4) is 5.75 Å². The molecule has 6 nitrogen and oxygen atoms in total. The van der Waals surface area contributed by atoms with Gasteiger partial charge in [0.25, 0.3) is 0 Å². The van der Waals surface area contributed by atoms with Crippen LogP contribution in [0.1, 0.15) is 21.5 Å². The van der Waals surface area contributed by atoms with E-state index in [4.69, 9.17) is 17.0 Å². The van der Waals surface area contributed by atoms with Crippen molar-refractivity contribution in [2.24, 2.45) is 5.10 Å². The number of carbonyl (C=O) groups excluding carboxylic acids is 1. The molecule has 0 spiro atoms. The Hall–Kier alpha value is -2.93.